The van der Waals surface area contributed by atoms with E-state index >= 15 is 0 Å². The molecule has 1 aromatic carbocycles. The number of benzene rings is 1. The van der Waals surface area contributed by atoms with Crippen molar-refractivity contribution in [3.8, 4) is 17.2 Å². The van der Waals surface area contributed by atoms with Gasteiger partial charge in [-0.3, -0.25) is 4.79 Å². The van der Waals surface area contributed by atoms with Crippen LogP contribution in [0.25, 0.3) is 0 Å². The van der Waals surface area contributed by atoms with Gasteiger partial charge in [-0.15, -0.1) is 0 Å². The molecule has 0 radical (unpaired) electrons. The molecule has 0 bridgehead atoms. The molecule has 0 saturated heterocycles. The number of methoxy groups -OCH3 is 4. The minimum absolute atomic E-state index is 0.146. The van der Waals surface area contributed by atoms with E-state index < -0.39 is 0 Å². The Morgan fingerprint density at radius 3 is 2.05 bits per heavy atom. The Morgan fingerprint density at radius 2 is 1.63 bits per heavy atom. The number of rotatable bonds is 7. The summed E-state index contributed by atoms with van der Waals surface area (Å²) in [6.07, 6.45) is 0. The fourth-order valence-electron chi connectivity index (χ4n) is 1.62. The molecule has 0 aliphatic carbocycles. The second-order valence-electron chi connectivity index (χ2n) is 3.71. The maximum Gasteiger partial charge on any atom is 0.319 e. The molecule has 0 spiro atoms. The first-order chi connectivity index (χ1) is 9.15. The quantitative estimate of drug-likeness (QED) is 0.744. The third kappa shape index (κ3) is 4.03. The summed E-state index contributed by atoms with van der Waals surface area (Å²) in [6.45, 7) is 0.638. The average molecular weight is 269 g/mol. The first-order valence-corrected chi connectivity index (χ1v) is 5.72. The normalized spacial score (nSPS) is 9.89. The molecule has 0 heterocycles. The number of esters is 1. The molecule has 106 valence electrons. The van der Waals surface area contributed by atoms with E-state index in [0.29, 0.717) is 23.8 Å². The number of nitrogens with one attached hydrogen (secondary N) is 1. The zero-order valence-electron chi connectivity index (χ0n) is 11.6. The highest BCUT2D eigenvalue weighted by molar-refractivity contribution is 5.71. The minimum atomic E-state index is -0.313. The molecule has 0 saturated carbocycles. The van der Waals surface area contributed by atoms with Gasteiger partial charge in [-0.1, -0.05) is 0 Å². The highest BCUT2D eigenvalue weighted by Crippen LogP contribution is 2.38. The Balaban J connectivity index is 2.81. The van der Waals surface area contributed by atoms with Crippen LogP contribution in [0.3, 0.4) is 0 Å². The molecule has 0 aliphatic rings. The van der Waals surface area contributed by atoms with Gasteiger partial charge in [-0.2, -0.15) is 0 Å². The lowest BCUT2D eigenvalue weighted by molar-refractivity contribution is -0.139. The predicted molar refractivity (Wildman–Crippen MR) is 69.8 cm³/mol. The lowest BCUT2D eigenvalue weighted by Gasteiger charge is -2.14. The Hall–Kier alpha value is -1.95. The van der Waals surface area contributed by atoms with E-state index in [1.54, 1.807) is 21.3 Å². The van der Waals surface area contributed by atoms with Crippen molar-refractivity contribution in [3.63, 3.8) is 0 Å². The molecule has 1 N–H and O–H groups in total. The maximum atomic E-state index is 11.0. The summed E-state index contributed by atoms with van der Waals surface area (Å²) in [6, 6.07) is 3.65. The smallest absolute Gasteiger partial charge is 0.319 e. The van der Waals surface area contributed by atoms with Crippen molar-refractivity contribution in [1.82, 2.24) is 5.32 Å². The molecule has 6 nitrogen and oxygen atoms in total. The van der Waals surface area contributed by atoms with Gasteiger partial charge >= 0.3 is 5.97 Å². The molecule has 1 rings (SSSR count). The Morgan fingerprint density at radius 1 is 1.05 bits per heavy atom. The molecule has 6 heteroatoms. The van der Waals surface area contributed by atoms with Crippen molar-refractivity contribution in [2.45, 2.75) is 6.54 Å². The predicted octanol–water partition coefficient (Wildman–Crippen LogP) is 0.975. The lowest BCUT2D eigenvalue weighted by atomic mass is 10.2. The van der Waals surface area contributed by atoms with Gasteiger partial charge < -0.3 is 24.3 Å². The van der Waals surface area contributed by atoms with Crippen molar-refractivity contribution in [1.29, 1.82) is 0 Å². The summed E-state index contributed by atoms with van der Waals surface area (Å²) >= 11 is 0. The van der Waals surface area contributed by atoms with Crippen LogP contribution >= 0.6 is 0 Å². The number of hydrogen-bond donors (Lipinski definition) is 1. The molecule has 0 unspecified atom stereocenters. The van der Waals surface area contributed by atoms with Crippen molar-refractivity contribution in [2.24, 2.45) is 0 Å². The molecule has 0 aliphatic heterocycles. The minimum Gasteiger partial charge on any atom is -0.493 e. The van der Waals surface area contributed by atoms with Crippen LogP contribution in [0.1, 0.15) is 5.56 Å². The zero-order chi connectivity index (χ0) is 14.3. The second-order valence-corrected chi connectivity index (χ2v) is 3.71. The van der Waals surface area contributed by atoms with Crippen molar-refractivity contribution >= 4 is 5.97 Å². The molecule has 0 fully saturated rings. The summed E-state index contributed by atoms with van der Waals surface area (Å²) in [4.78, 5) is 11.0. The standard InChI is InChI=1S/C13H19NO5/c1-16-10-5-9(7-14-8-12(15)18-3)6-11(17-2)13(10)19-4/h5-6,14H,7-8H2,1-4H3. The third-order valence-corrected chi connectivity index (χ3v) is 2.55. The molecular weight excluding hydrogens is 250 g/mol. The largest absolute Gasteiger partial charge is 0.493 e. The van der Waals surface area contributed by atoms with E-state index in [1.807, 2.05) is 12.1 Å². The van der Waals surface area contributed by atoms with Crippen LogP contribution in [0, 0.1) is 0 Å². The lowest BCUT2D eigenvalue weighted by Crippen LogP contribution is -2.23. The molecule has 0 aromatic heterocycles. The number of hydrogen-bond acceptors (Lipinski definition) is 6. The first-order valence-electron chi connectivity index (χ1n) is 5.72. The third-order valence-electron chi connectivity index (χ3n) is 2.55. The number of carbonyl (C=O) groups excluding carboxylic acids is 1. The topological polar surface area (TPSA) is 66.0 Å². The van der Waals surface area contributed by atoms with Gasteiger partial charge in [0.25, 0.3) is 0 Å². The van der Waals surface area contributed by atoms with Gasteiger partial charge in [0.05, 0.1) is 35.0 Å². The Labute approximate surface area is 112 Å². The van der Waals surface area contributed by atoms with Crippen LogP contribution in [0.2, 0.25) is 0 Å². The van der Waals surface area contributed by atoms with Gasteiger partial charge in [-0.05, 0) is 17.7 Å². The highest BCUT2D eigenvalue weighted by Gasteiger charge is 2.13. The Bertz CT molecular complexity index is 408. The van der Waals surface area contributed by atoms with Crippen molar-refractivity contribution in [3.05, 3.63) is 17.7 Å². The van der Waals surface area contributed by atoms with Crippen LogP contribution in [0.5, 0.6) is 17.2 Å². The van der Waals surface area contributed by atoms with Crippen LogP contribution in [-0.4, -0.2) is 41.0 Å². The van der Waals surface area contributed by atoms with Gasteiger partial charge in [0, 0.05) is 6.54 Å². The van der Waals surface area contributed by atoms with Gasteiger partial charge in [0.2, 0.25) is 5.75 Å². The molecule has 1 aromatic rings. The van der Waals surface area contributed by atoms with Gasteiger partial charge in [0.1, 0.15) is 0 Å². The maximum absolute atomic E-state index is 11.0. The van der Waals surface area contributed by atoms with E-state index in [2.05, 4.69) is 10.1 Å². The van der Waals surface area contributed by atoms with Crippen LogP contribution in [-0.2, 0) is 16.1 Å². The first kappa shape index (κ1) is 15.1. The summed E-state index contributed by atoms with van der Waals surface area (Å²) in [5, 5.41) is 2.97. The van der Waals surface area contributed by atoms with Gasteiger partial charge in [0.15, 0.2) is 11.5 Å². The van der Waals surface area contributed by atoms with E-state index in [9.17, 15) is 4.79 Å². The van der Waals surface area contributed by atoms with E-state index in [-0.39, 0.29) is 12.5 Å². The summed E-state index contributed by atoms with van der Waals surface area (Å²) < 4.78 is 20.3. The number of ether oxygens (including phenoxy) is 4. The highest BCUT2D eigenvalue weighted by atomic mass is 16.5. The van der Waals surface area contributed by atoms with Crippen molar-refractivity contribution < 1.29 is 23.7 Å². The molecule has 0 amide bonds. The van der Waals surface area contributed by atoms with E-state index in [0.717, 1.165) is 5.56 Å². The van der Waals surface area contributed by atoms with Crippen LogP contribution < -0.4 is 19.5 Å². The van der Waals surface area contributed by atoms with Crippen LogP contribution in [0.4, 0.5) is 0 Å². The van der Waals surface area contributed by atoms with E-state index in [4.69, 9.17) is 14.2 Å². The fourth-order valence-corrected chi connectivity index (χ4v) is 1.62. The number of carbonyl (C=O) groups is 1. The summed E-state index contributed by atoms with van der Waals surface area (Å²) in [5.74, 6) is 1.39. The molecular formula is C13H19NO5. The second kappa shape index (κ2) is 7.48. The van der Waals surface area contributed by atoms with Gasteiger partial charge in [-0.25, -0.2) is 0 Å². The van der Waals surface area contributed by atoms with E-state index in [1.165, 1.54) is 7.11 Å². The SMILES string of the molecule is COC(=O)CNCc1cc(OC)c(OC)c(OC)c1. The zero-order valence-corrected chi connectivity index (χ0v) is 11.6. The summed E-state index contributed by atoms with van der Waals surface area (Å²) in [5.41, 5.74) is 0.915. The van der Waals surface area contributed by atoms with Crippen molar-refractivity contribution in [2.75, 3.05) is 35.0 Å². The van der Waals surface area contributed by atoms with Crippen LogP contribution in [0.15, 0.2) is 12.1 Å². The molecule has 0 atom stereocenters. The average Bonchev–Trinajstić information content (AvgIpc) is 2.45. The molecule has 19 heavy (non-hydrogen) atoms. The summed E-state index contributed by atoms with van der Waals surface area (Å²) in [7, 11) is 6.02. The monoisotopic (exact) mass is 269 g/mol. The Kier molecular flexibility index (Phi) is 5.95. The fraction of sp³-hybridized carbons (Fsp3) is 0.462.